The summed E-state index contributed by atoms with van der Waals surface area (Å²) in [6.45, 7) is 5.38. The standard InChI is InChI=1S/C23H36O/c1-3-5-7-12-22-13-16-23(17-14-22,18-15-22)20-8-10-21(11-9-20)24-19-6-4-2/h8-11H,3-7,12-19H2,1-2H3. The lowest BCUT2D eigenvalue weighted by atomic mass is 9.51. The molecule has 3 aliphatic rings. The van der Waals surface area contributed by atoms with Crippen molar-refractivity contribution in [3.05, 3.63) is 29.8 Å². The number of benzene rings is 1. The van der Waals surface area contributed by atoms with E-state index in [2.05, 4.69) is 38.1 Å². The summed E-state index contributed by atoms with van der Waals surface area (Å²) in [5.74, 6) is 1.05. The number of unbranched alkanes of at least 4 members (excludes halogenated alkanes) is 3. The van der Waals surface area contributed by atoms with Crippen LogP contribution in [-0.2, 0) is 5.41 Å². The molecule has 3 fully saturated rings. The van der Waals surface area contributed by atoms with Crippen LogP contribution in [0.2, 0.25) is 0 Å². The third-order valence-corrected chi connectivity index (χ3v) is 6.95. The van der Waals surface area contributed by atoms with Crippen molar-refractivity contribution in [3.63, 3.8) is 0 Å². The van der Waals surface area contributed by atoms with Crippen LogP contribution in [0, 0.1) is 5.41 Å². The minimum atomic E-state index is 0.481. The normalized spacial score (nSPS) is 28.9. The van der Waals surface area contributed by atoms with Gasteiger partial charge in [-0.1, -0.05) is 51.7 Å². The first-order valence-corrected chi connectivity index (χ1v) is 10.5. The minimum absolute atomic E-state index is 0.481. The molecule has 1 aromatic carbocycles. The molecule has 1 heteroatoms. The van der Waals surface area contributed by atoms with E-state index in [1.807, 2.05) is 0 Å². The molecule has 3 saturated carbocycles. The lowest BCUT2D eigenvalue weighted by Gasteiger charge is -2.54. The number of hydrogen-bond acceptors (Lipinski definition) is 1. The van der Waals surface area contributed by atoms with Gasteiger partial charge in [0, 0.05) is 0 Å². The first-order chi connectivity index (χ1) is 11.7. The second kappa shape index (κ2) is 7.93. The van der Waals surface area contributed by atoms with Crippen molar-refractivity contribution in [2.45, 2.75) is 96.3 Å². The molecule has 2 bridgehead atoms. The highest BCUT2D eigenvalue weighted by molar-refractivity contribution is 5.34. The Kier molecular flexibility index (Phi) is 5.89. The van der Waals surface area contributed by atoms with Gasteiger partial charge in [0.15, 0.2) is 0 Å². The Bertz CT molecular complexity index is 477. The van der Waals surface area contributed by atoms with Gasteiger partial charge in [0.05, 0.1) is 6.61 Å². The first-order valence-electron chi connectivity index (χ1n) is 10.5. The Morgan fingerprint density at radius 2 is 1.42 bits per heavy atom. The van der Waals surface area contributed by atoms with Crippen LogP contribution in [0.5, 0.6) is 5.75 Å². The molecule has 134 valence electrons. The molecule has 0 saturated heterocycles. The maximum atomic E-state index is 5.84. The van der Waals surface area contributed by atoms with Crippen molar-refractivity contribution in [3.8, 4) is 5.75 Å². The van der Waals surface area contributed by atoms with Gasteiger partial charge in [-0.3, -0.25) is 0 Å². The van der Waals surface area contributed by atoms with Gasteiger partial charge in [-0.05, 0) is 79.9 Å². The highest BCUT2D eigenvalue weighted by Crippen LogP contribution is 2.59. The van der Waals surface area contributed by atoms with E-state index in [0.29, 0.717) is 10.8 Å². The van der Waals surface area contributed by atoms with E-state index in [9.17, 15) is 0 Å². The molecule has 1 aromatic rings. The molecule has 0 atom stereocenters. The Balaban J connectivity index is 1.58. The van der Waals surface area contributed by atoms with E-state index in [1.165, 1.54) is 70.6 Å². The second-order valence-corrected chi connectivity index (χ2v) is 8.46. The van der Waals surface area contributed by atoms with Crippen LogP contribution in [0.3, 0.4) is 0 Å². The van der Waals surface area contributed by atoms with Crippen molar-refractivity contribution in [1.29, 1.82) is 0 Å². The van der Waals surface area contributed by atoms with Crippen LogP contribution in [0.4, 0.5) is 0 Å². The number of rotatable bonds is 9. The molecule has 0 unspecified atom stereocenters. The van der Waals surface area contributed by atoms with E-state index in [-0.39, 0.29) is 0 Å². The summed E-state index contributed by atoms with van der Waals surface area (Å²) in [6.07, 6.45) is 16.7. The fourth-order valence-corrected chi connectivity index (χ4v) is 5.06. The summed E-state index contributed by atoms with van der Waals surface area (Å²) < 4.78 is 5.84. The summed E-state index contributed by atoms with van der Waals surface area (Å²) in [4.78, 5) is 0. The zero-order chi connectivity index (χ0) is 16.9. The van der Waals surface area contributed by atoms with Crippen LogP contribution in [0.25, 0.3) is 0 Å². The first kappa shape index (κ1) is 17.8. The minimum Gasteiger partial charge on any atom is -0.494 e. The van der Waals surface area contributed by atoms with Crippen molar-refractivity contribution in [2.75, 3.05) is 6.61 Å². The van der Waals surface area contributed by atoms with E-state index < -0.39 is 0 Å². The highest BCUT2D eigenvalue weighted by Gasteiger charge is 2.48. The third kappa shape index (κ3) is 3.81. The lowest BCUT2D eigenvalue weighted by Crippen LogP contribution is -2.44. The maximum absolute atomic E-state index is 5.84. The van der Waals surface area contributed by atoms with Gasteiger partial charge in [-0.25, -0.2) is 0 Å². The van der Waals surface area contributed by atoms with E-state index in [0.717, 1.165) is 18.8 Å². The number of hydrogen-bond donors (Lipinski definition) is 0. The number of ether oxygens (including phenoxy) is 1. The summed E-state index contributed by atoms with van der Waals surface area (Å²) in [6, 6.07) is 9.13. The Morgan fingerprint density at radius 3 is 2.00 bits per heavy atom. The van der Waals surface area contributed by atoms with Crippen molar-refractivity contribution in [1.82, 2.24) is 0 Å². The molecule has 0 N–H and O–H groups in total. The third-order valence-electron chi connectivity index (χ3n) is 6.95. The van der Waals surface area contributed by atoms with Gasteiger partial charge < -0.3 is 4.74 Å². The Hall–Kier alpha value is -0.980. The SMILES string of the molecule is CCCCCC12CCC(c3ccc(OCCCC)cc3)(CC1)CC2. The zero-order valence-corrected chi connectivity index (χ0v) is 15.9. The maximum Gasteiger partial charge on any atom is 0.119 e. The second-order valence-electron chi connectivity index (χ2n) is 8.46. The Labute approximate surface area is 149 Å². The summed E-state index contributed by atoms with van der Waals surface area (Å²) in [7, 11) is 0. The van der Waals surface area contributed by atoms with Crippen molar-refractivity contribution < 1.29 is 4.74 Å². The van der Waals surface area contributed by atoms with Crippen LogP contribution < -0.4 is 4.74 Å². The monoisotopic (exact) mass is 328 g/mol. The molecule has 0 radical (unpaired) electrons. The number of fused-ring (bicyclic) bond motifs is 3. The van der Waals surface area contributed by atoms with Crippen molar-refractivity contribution >= 4 is 0 Å². The topological polar surface area (TPSA) is 9.23 Å². The molecule has 0 amide bonds. The molecule has 24 heavy (non-hydrogen) atoms. The van der Waals surface area contributed by atoms with Gasteiger partial charge in [-0.15, -0.1) is 0 Å². The molecule has 3 aliphatic carbocycles. The van der Waals surface area contributed by atoms with Gasteiger partial charge in [0.1, 0.15) is 5.75 Å². The molecule has 4 rings (SSSR count). The van der Waals surface area contributed by atoms with Crippen LogP contribution in [-0.4, -0.2) is 6.61 Å². The molecule has 0 aliphatic heterocycles. The highest BCUT2D eigenvalue weighted by atomic mass is 16.5. The van der Waals surface area contributed by atoms with Gasteiger partial charge in [-0.2, -0.15) is 0 Å². The largest absolute Gasteiger partial charge is 0.494 e. The van der Waals surface area contributed by atoms with Crippen LogP contribution in [0.1, 0.15) is 96.5 Å². The van der Waals surface area contributed by atoms with Crippen molar-refractivity contribution in [2.24, 2.45) is 5.41 Å². The predicted molar refractivity (Wildman–Crippen MR) is 103 cm³/mol. The fraction of sp³-hybridized carbons (Fsp3) is 0.739. The quantitative estimate of drug-likeness (QED) is 0.442. The molecule has 1 nitrogen and oxygen atoms in total. The molecular formula is C23H36O. The summed E-state index contributed by atoms with van der Waals surface area (Å²) in [5, 5.41) is 0. The van der Waals surface area contributed by atoms with Crippen LogP contribution in [0.15, 0.2) is 24.3 Å². The zero-order valence-electron chi connectivity index (χ0n) is 15.9. The average Bonchev–Trinajstić information content (AvgIpc) is 2.64. The molecular weight excluding hydrogens is 292 g/mol. The van der Waals surface area contributed by atoms with E-state index in [4.69, 9.17) is 4.74 Å². The van der Waals surface area contributed by atoms with E-state index >= 15 is 0 Å². The molecule has 0 heterocycles. The smallest absolute Gasteiger partial charge is 0.119 e. The lowest BCUT2D eigenvalue weighted by molar-refractivity contribution is 0.0305. The predicted octanol–water partition coefficient (Wildman–Crippen LogP) is 7.04. The van der Waals surface area contributed by atoms with Gasteiger partial charge >= 0.3 is 0 Å². The summed E-state index contributed by atoms with van der Waals surface area (Å²) in [5.41, 5.74) is 2.77. The fourth-order valence-electron chi connectivity index (χ4n) is 5.06. The molecule has 0 spiro atoms. The summed E-state index contributed by atoms with van der Waals surface area (Å²) >= 11 is 0. The molecule has 0 aromatic heterocycles. The Morgan fingerprint density at radius 1 is 0.792 bits per heavy atom. The van der Waals surface area contributed by atoms with Crippen LogP contribution >= 0.6 is 0 Å². The van der Waals surface area contributed by atoms with E-state index in [1.54, 1.807) is 5.56 Å². The average molecular weight is 329 g/mol. The van der Waals surface area contributed by atoms with Gasteiger partial charge in [0.25, 0.3) is 0 Å². The van der Waals surface area contributed by atoms with Gasteiger partial charge in [0.2, 0.25) is 0 Å².